The summed E-state index contributed by atoms with van der Waals surface area (Å²) in [5.41, 5.74) is 0. The number of ether oxygens (including phenoxy) is 1. The van der Waals surface area contributed by atoms with Crippen LogP contribution in [0.2, 0.25) is 0 Å². The minimum atomic E-state index is -0.870. The van der Waals surface area contributed by atoms with Gasteiger partial charge in [0.05, 0.1) is 0 Å². The molecule has 0 bridgehead atoms. The van der Waals surface area contributed by atoms with Crippen molar-refractivity contribution in [1.29, 1.82) is 0 Å². The molecule has 0 aliphatic heterocycles. The number of aliphatic carboxylic acids is 2. The Morgan fingerprint density at radius 2 is 1.07 bits per heavy atom. The smallest absolute Gasteiger partial charge is 0.303 e. The normalized spacial score (nSPS) is 12.7. The van der Waals surface area contributed by atoms with Crippen molar-refractivity contribution in [3.63, 3.8) is 0 Å². The molecule has 0 aromatic carbocycles. The molecular formula is C22H44O5. The molecule has 2 unspecified atom stereocenters. The van der Waals surface area contributed by atoms with Gasteiger partial charge in [-0.1, -0.05) is 66.2 Å². The molecule has 27 heavy (non-hydrogen) atoms. The average molecular weight is 389 g/mol. The van der Waals surface area contributed by atoms with Crippen LogP contribution in [0, 0.1) is 11.8 Å². The Bertz CT molecular complexity index is 312. The molecule has 2 N–H and O–H groups in total. The van der Waals surface area contributed by atoms with Crippen molar-refractivity contribution in [3.8, 4) is 0 Å². The van der Waals surface area contributed by atoms with Crippen LogP contribution in [0.25, 0.3) is 0 Å². The second-order valence-corrected chi connectivity index (χ2v) is 7.37. The van der Waals surface area contributed by atoms with Gasteiger partial charge in [-0.2, -0.15) is 0 Å². The fourth-order valence-corrected chi connectivity index (χ4v) is 2.75. The van der Waals surface area contributed by atoms with Crippen LogP contribution in [0.15, 0.2) is 0 Å². The van der Waals surface area contributed by atoms with Crippen molar-refractivity contribution in [1.82, 2.24) is 0 Å². The fourth-order valence-electron chi connectivity index (χ4n) is 2.75. The highest BCUT2D eigenvalue weighted by Crippen LogP contribution is 2.16. The third-order valence-corrected chi connectivity index (χ3v) is 4.82. The zero-order valence-electron chi connectivity index (χ0n) is 18.2. The number of hydrogen-bond donors (Lipinski definition) is 2. The van der Waals surface area contributed by atoms with E-state index >= 15 is 0 Å². The highest BCUT2D eigenvalue weighted by atomic mass is 16.5. The van der Waals surface area contributed by atoms with E-state index in [0.717, 1.165) is 25.0 Å². The zero-order chi connectivity index (χ0) is 20.9. The molecule has 0 rings (SSSR count). The molecule has 5 nitrogen and oxygen atoms in total. The summed E-state index contributed by atoms with van der Waals surface area (Å²) in [6, 6.07) is 0. The third-order valence-electron chi connectivity index (χ3n) is 4.82. The molecule has 0 fully saturated rings. The van der Waals surface area contributed by atoms with E-state index in [2.05, 4.69) is 27.7 Å². The van der Waals surface area contributed by atoms with E-state index in [1.807, 2.05) is 0 Å². The second kappa shape index (κ2) is 21.2. The second-order valence-electron chi connectivity index (χ2n) is 7.37. The highest BCUT2D eigenvalue weighted by molar-refractivity contribution is 5.67. The minimum absolute atomic E-state index is 0.0628. The average Bonchev–Trinajstić information content (AvgIpc) is 2.64. The van der Waals surface area contributed by atoms with Crippen LogP contribution in [0.4, 0.5) is 0 Å². The van der Waals surface area contributed by atoms with Gasteiger partial charge in [-0.05, 0) is 37.5 Å². The van der Waals surface area contributed by atoms with Crippen LogP contribution in [0.1, 0.15) is 105 Å². The summed E-state index contributed by atoms with van der Waals surface area (Å²) in [4.78, 5) is 19.8. The van der Waals surface area contributed by atoms with E-state index in [4.69, 9.17) is 14.9 Å². The first-order valence-corrected chi connectivity index (χ1v) is 10.9. The Kier molecular flexibility index (Phi) is 22.1. The number of carboxylic acid groups (broad SMARTS) is 2. The molecule has 0 saturated heterocycles. The number of hydrogen-bond acceptors (Lipinski definition) is 3. The maximum atomic E-state index is 9.90. The van der Waals surface area contributed by atoms with Crippen molar-refractivity contribution < 1.29 is 24.5 Å². The lowest BCUT2D eigenvalue weighted by atomic mass is 9.99. The Balaban J connectivity index is 0. The van der Waals surface area contributed by atoms with Gasteiger partial charge in [-0.15, -0.1) is 0 Å². The van der Waals surface area contributed by atoms with E-state index in [1.54, 1.807) is 0 Å². The van der Waals surface area contributed by atoms with Crippen molar-refractivity contribution in [2.75, 3.05) is 13.2 Å². The summed E-state index contributed by atoms with van der Waals surface area (Å²) in [5.74, 6) is -0.159. The van der Waals surface area contributed by atoms with E-state index in [1.165, 1.54) is 51.4 Å². The molecule has 5 heteroatoms. The summed E-state index contributed by atoms with van der Waals surface area (Å²) in [6.45, 7) is 11.1. The first-order valence-electron chi connectivity index (χ1n) is 10.9. The van der Waals surface area contributed by atoms with Crippen molar-refractivity contribution >= 4 is 11.9 Å². The quantitative estimate of drug-likeness (QED) is 0.292. The van der Waals surface area contributed by atoms with Gasteiger partial charge in [0.2, 0.25) is 0 Å². The maximum absolute atomic E-state index is 9.90. The van der Waals surface area contributed by atoms with Crippen LogP contribution >= 0.6 is 0 Å². The molecule has 0 aromatic rings. The van der Waals surface area contributed by atoms with Crippen molar-refractivity contribution in [2.24, 2.45) is 11.8 Å². The van der Waals surface area contributed by atoms with Crippen molar-refractivity contribution in [2.45, 2.75) is 105 Å². The Morgan fingerprint density at radius 3 is 1.33 bits per heavy atom. The molecule has 0 aromatic heterocycles. The monoisotopic (exact) mass is 388 g/mol. The predicted octanol–water partition coefficient (Wildman–Crippen LogP) is 6.15. The molecule has 0 spiro atoms. The molecule has 2 atom stereocenters. The number of carboxylic acids is 2. The molecular weight excluding hydrogens is 344 g/mol. The van der Waals surface area contributed by atoms with Gasteiger partial charge < -0.3 is 14.9 Å². The fraction of sp³-hybridized carbons (Fsp3) is 0.909. The van der Waals surface area contributed by atoms with Gasteiger partial charge in [0.15, 0.2) is 0 Å². The lowest BCUT2D eigenvalue weighted by molar-refractivity contribution is -0.139. The van der Waals surface area contributed by atoms with Gasteiger partial charge in [-0.3, -0.25) is 9.59 Å². The van der Waals surface area contributed by atoms with Crippen LogP contribution in [-0.2, 0) is 14.3 Å². The van der Waals surface area contributed by atoms with Crippen LogP contribution < -0.4 is 0 Å². The number of unbranched alkanes of at least 4 members (excludes halogenated alkanes) is 3. The van der Waals surface area contributed by atoms with Crippen LogP contribution in [0.5, 0.6) is 0 Å². The third kappa shape index (κ3) is 22.9. The van der Waals surface area contributed by atoms with Gasteiger partial charge in [0, 0.05) is 26.1 Å². The van der Waals surface area contributed by atoms with E-state index in [0.29, 0.717) is 12.8 Å². The Labute approximate surface area is 166 Å². The van der Waals surface area contributed by atoms with Crippen LogP contribution in [-0.4, -0.2) is 35.4 Å². The van der Waals surface area contributed by atoms with Crippen molar-refractivity contribution in [3.05, 3.63) is 0 Å². The van der Waals surface area contributed by atoms with E-state index < -0.39 is 11.9 Å². The van der Waals surface area contributed by atoms with Gasteiger partial charge in [-0.25, -0.2) is 0 Å². The SMILES string of the molecule is CCCCC(CC)COCC(CC)CCCC.O=C(O)CCCCC(=O)O. The molecule has 0 aliphatic rings. The maximum Gasteiger partial charge on any atom is 0.303 e. The molecule has 0 amide bonds. The lowest BCUT2D eigenvalue weighted by Gasteiger charge is -2.18. The summed E-state index contributed by atoms with van der Waals surface area (Å²) in [6.07, 6.45) is 11.6. The zero-order valence-corrected chi connectivity index (χ0v) is 18.2. The summed E-state index contributed by atoms with van der Waals surface area (Å²) >= 11 is 0. The first-order chi connectivity index (χ1) is 12.9. The summed E-state index contributed by atoms with van der Waals surface area (Å²) in [7, 11) is 0. The summed E-state index contributed by atoms with van der Waals surface area (Å²) in [5, 5.41) is 16.3. The predicted molar refractivity (Wildman–Crippen MR) is 111 cm³/mol. The molecule has 162 valence electrons. The highest BCUT2D eigenvalue weighted by Gasteiger charge is 2.09. The standard InChI is InChI=1S/C16H34O.C6H10O4/c1-5-9-11-15(7-3)13-17-14-16(8-4)12-10-6-2;7-5(8)3-1-2-4-6(9)10/h15-16H,5-14H2,1-4H3;1-4H2,(H,7,8)(H,9,10). The minimum Gasteiger partial charge on any atom is -0.481 e. The van der Waals surface area contributed by atoms with Gasteiger partial charge >= 0.3 is 11.9 Å². The van der Waals surface area contributed by atoms with Crippen LogP contribution in [0.3, 0.4) is 0 Å². The topological polar surface area (TPSA) is 83.8 Å². The van der Waals surface area contributed by atoms with E-state index in [9.17, 15) is 9.59 Å². The molecule has 0 saturated carbocycles. The largest absolute Gasteiger partial charge is 0.481 e. The number of carbonyl (C=O) groups is 2. The lowest BCUT2D eigenvalue weighted by Crippen LogP contribution is -2.14. The van der Waals surface area contributed by atoms with E-state index in [-0.39, 0.29) is 12.8 Å². The Hall–Kier alpha value is -1.10. The number of rotatable bonds is 17. The molecule has 0 heterocycles. The molecule has 0 radical (unpaired) electrons. The first kappa shape index (κ1) is 28.1. The summed E-state index contributed by atoms with van der Waals surface area (Å²) < 4.78 is 5.93. The van der Waals surface area contributed by atoms with Gasteiger partial charge in [0.1, 0.15) is 0 Å². The Morgan fingerprint density at radius 1 is 0.704 bits per heavy atom. The van der Waals surface area contributed by atoms with Gasteiger partial charge in [0.25, 0.3) is 0 Å². The molecule has 0 aliphatic carbocycles.